The van der Waals surface area contributed by atoms with Gasteiger partial charge in [0.1, 0.15) is 11.6 Å². The highest BCUT2D eigenvalue weighted by molar-refractivity contribution is 7.98. The van der Waals surface area contributed by atoms with Gasteiger partial charge in [0.25, 0.3) is 0 Å². The molecular formula is C11H10F3N5S. The maximum Gasteiger partial charge on any atom is 0.194 e. The third-order valence-electron chi connectivity index (χ3n) is 2.29. The maximum atomic E-state index is 13.1. The fraction of sp³-hybridized carbons (Fsp3) is 0.0909. The summed E-state index contributed by atoms with van der Waals surface area (Å²) in [6.45, 7) is 0. The van der Waals surface area contributed by atoms with Crippen LogP contribution in [0.15, 0.2) is 23.4 Å². The largest absolute Gasteiger partial charge is 0.340 e. The number of thioether (sulfide) groups is 1. The number of hydrazine groups is 1. The number of nitrogens with two attached hydrogens (primary N) is 1. The molecule has 5 nitrogen and oxygen atoms in total. The van der Waals surface area contributed by atoms with Crippen molar-refractivity contribution in [1.29, 1.82) is 0 Å². The van der Waals surface area contributed by atoms with E-state index in [0.717, 1.165) is 12.1 Å². The van der Waals surface area contributed by atoms with E-state index in [1.165, 1.54) is 17.8 Å². The molecule has 0 saturated heterocycles. The summed E-state index contributed by atoms with van der Waals surface area (Å²) < 4.78 is 39.1. The van der Waals surface area contributed by atoms with Crippen LogP contribution in [-0.4, -0.2) is 16.2 Å². The Morgan fingerprint density at radius 2 is 1.65 bits per heavy atom. The number of nitrogens with zero attached hydrogens (tertiary/aromatic N) is 2. The molecule has 20 heavy (non-hydrogen) atoms. The highest BCUT2D eigenvalue weighted by Gasteiger charge is 2.11. The minimum absolute atomic E-state index is 0.0233. The van der Waals surface area contributed by atoms with Crippen LogP contribution in [0.4, 0.5) is 30.5 Å². The summed E-state index contributed by atoms with van der Waals surface area (Å²) in [7, 11) is 0. The lowest BCUT2D eigenvalue weighted by Gasteiger charge is -2.09. The molecule has 106 valence electrons. The minimum atomic E-state index is -1.52. The van der Waals surface area contributed by atoms with E-state index in [1.807, 2.05) is 0 Å². The fourth-order valence-electron chi connectivity index (χ4n) is 1.43. The van der Waals surface area contributed by atoms with E-state index in [-0.39, 0.29) is 11.5 Å². The number of aromatic nitrogens is 2. The Kier molecular flexibility index (Phi) is 4.30. The molecule has 2 aromatic rings. The first-order valence-electron chi connectivity index (χ1n) is 5.34. The zero-order valence-corrected chi connectivity index (χ0v) is 11.1. The highest BCUT2D eigenvalue weighted by Crippen LogP contribution is 2.23. The number of benzene rings is 1. The van der Waals surface area contributed by atoms with Crippen molar-refractivity contribution in [1.82, 2.24) is 9.97 Å². The average molecular weight is 301 g/mol. The number of nitrogen functional groups attached to an aromatic ring is 1. The zero-order chi connectivity index (χ0) is 14.7. The molecule has 0 spiro atoms. The topological polar surface area (TPSA) is 75.9 Å². The molecule has 0 amide bonds. The van der Waals surface area contributed by atoms with Gasteiger partial charge in [-0.3, -0.25) is 0 Å². The summed E-state index contributed by atoms with van der Waals surface area (Å²) in [5, 5.41) is 3.06. The summed E-state index contributed by atoms with van der Waals surface area (Å²) in [6, 6.07) is 3.10. The molecule has 1 heterocycles. The van der Waals surface area contributed by atoms with Gasteiger partial charge < -0.3 is 10.7 Å². The van der Waals surface area contributed by atoms with Crippen molar-refractivity contribution in [2.24, 2.45) is 5.84 Å². The van der Waals surface area contributed by atoms with Crippen molar-refractivity contribution in [3.63, 3.8) is 0 Å². The molecule has 2 rings (SSSR count). The quantitative estimate of drug-likeness (QED) is 0.265. The second-order valence-corrected chi connectivity index (χ2v) is 4.42. The maximum absolute atomic E-state index is 13.1. The predicted molar refractivity (Wildman–Crippen MR) is 71.2 cm³/mol. The van der Waals surface area contributed by atoms with Crippen molar-refractivity contribution >= 4 is 29.1 Å². The highest BCUT2D eigenvalue weighted by atomic mass is 32.2. The molecule has 9 heteroatoms. The van der Waals surface area contributed by atoms with Gasteiger partial charge in [-0.05, 0) is 6.26 Å². The summed E-state index contributed by atoms with van der Waals surface area (Å²) in [5.41, 5.74) is 2.37. The molecular weight excluding hydrogens is 291 g/mol. The number of nitrogens with one attached hydrogen (secondary N) is 2. The van der Waals surface area contributed by atoms with Crippen molar-refractivity contribution in [3.05, 3.63) is 35.7 Å². The summed E-state index contributed by atoms with van der Waals surface area (Å²) >= 11 is 1.27. The molecule has 0 aliphatic carbocycles. The van der Waals surface area contributed by atoms with Gasteiger partial charge in [-0.1, -0.05) is 11.8 Å². The standard InChI is InChI=1S/C11H10F3N5S/c1-20-11-17-8(4-9(18-11)19-15)16-5-2-6(12)10(14)7(13)3-5/h2-4H,15H2,1H3,(H2,16,17,18,19). The lowest BCUT2D eigenvalue weighted by Crippen LogP contribution is -2.10. The third kappa shape index (κ3) is 3.11. The second kappa shape index (κ2) is 5.97. The van der Waals surface area contributed by atoms with Gasteiger partial charge in [0.15, 0.2) is 22.6 Å². The van der Waals surface area contributed by atoms with Crippen molar-refractivity contribution in [2.45, 2.75) is 5.16 Å². The van der Waals surface area contributed by atoms with Gasteiger partial charge in [-0.15, -0.1) is 0 Å². The number of rotatable bonds is 4. The van der Waals surface area contributed by atoms with Crippen LogP contribution in [0.3, 0.4) is 0 Å². The smallest absolute Gasteiger partial charge is 0.194 e. The van der Waals surface area contributed by atoms with E-state index in [2.05, 4.69) is 20.7 Å². The Morgan fingerprint density at radius 1 is 1.05 bits per heavy atom. The van der Waals surface area contributed by atoms with Crippen LogP contribution in [0.25, 0.3) is 0 Å². The van der Waals surface area contributed by atoms with E-state index in [1.54, 1.807) is 6.26 Å². The molecule has 0 atom stereocenters. The number of hydrogen-bond donors (Lipinski definition) is 3. The molecule has 0 saturated carbocycles. The van der Waals surface area contributed by atoms with Crippen LogP contribution < -0.4 is 16.6 Å². The van der Waals surface area contributed by atoms with Crippen LogP contribution in [-0.2, 0) is 0 Å². The van der Waals surface area contributed by atoms with Crippen molar-refractivity contribution in [2.75, 3.05) is 17.0 Å². The van der Waals surface area contributed by atoms with Crippen molar-refractivity contribution < 1.29 is 13.2 Å². The van der Waals surface area contributed by atoms with Crippen LogP contribution in [0.1, 0.15) is 0 Å². The van der Waals surface area contributed by atoms with E-state index in [9.17, 15) is 13.2 Å². The SMILES string of the molecule is CSc1nc(NN)cc(Nc2cc(F)c(F)c(F)c2)n1. The second-order valence-electron chi connectivity index (χ2n) is 3.65. The Labute approximate surface area is 116 Å². The van der Waals surface area contributed by atoms with Gasteiger partial charge in [0.2, 0.25) is 0 Å². The van der Waals surface area contributed by atoms with E-state index in [4.69, 9.17) is 5.84 Å². The molecule has 1 aromatic carbocycles. The van der Waals surface area contributed by atoms with Gasteiger partial charge in [0, 0.05) is 23.9 Å². The van der Waals surface area contributed by atoms with Gasteiger partial charge in [-0.25, -0.2) is 29.0 Å². The fourth-order valence-corrected chi connectivity index (χ4v) is 1.81. The first-order valence-corrected chi connectivity index (χ1v) is 6.57. The first-order chi connectivity index (χ1) is 9.53. The number of hydrogen-bond acceptors (Lipinski definition) is 6. The zero-order valence-electron chi connectivity index (χ0n) is 10.2. The predicted octanol–water partition coefficient (Wildman–Crippen LogP) is 2.65. The molecule has 0 radical (unpaired) electrons. The molecule has 0 bridgehead atoms. The Balaban J connectivity index is 2.34. The number of anilines is 3. The van der Waals surface area contributed by atoms with Crippen molar-refractivity contribution in [3.8, 4) is 0 Å². The van der Waals surface area contributed by atoms with E-state index < -0.39 is 17.5 Å². The van der Waals surface area contributed by atoms with E-state index >= 15 is 0 Å². The van der Waals surface area contributed by atoms with Gasteiger partial charge >= 0.3 is 0 Å². The van der Waals surface area contributed by atoms with Gasteiger partial charge in [-0.2, -0.15) is 0 Å². The van der Waals surface area contributed by atoms with Crippen LogP contribution in [0, 0.1) is 17.5 Å². The van der Waals surface area contributed by atoms with Crippen LogP contribution in [0.5, 0.6) is 0 Å². The summed E-state index contributed by atoms with van der Waals surface area (Å²) in [5.74, 6) is 1.75. The molecule has 4 N–H and O–H groups in total. The lowest BCUT2D eigenvalue weighted by atomic mass is 10.3. The minimum Gasteiger partial charge on any atom is -0.340 e. The summed E-state index contributed by atoms with van der Waals surface area (Å²) in [6.07, 6.45) is 1.76. The monoisotopic (exact) mass is 301 g/mol. The normalized spacial score (nSPS) is 10.4. The molecule has 1 aromatic heterocycles. The number of halogens is 3. The Morgan fingerprint density at radius 3 is 2.20 bits per heavy atom. The molecule has 0 fully saturated rings. The van der Waals surface area contributed by atoms with E-state index in [0.29, 0.717) is 11.0 Å². The molecule has 0 aliphatic rings. The molecule has 0 aliphatic heterocycles. The Bertz CT molecular complexity index is 592. The first kappa shape index (κ1) is 14.4. The van der Waals surface area contributed by atoms with Gasteiger partial charge in [0.05, 0.1) is 0 Å². The Hall–Kier alpha value is -2.00. The summed E-state index contributed by atoms with van der Waals surface area (Å²) in [4.78, 5) is 8.11. The van der Waals surface area contributed by atoms with Crippen LogP contribution in [0.2, 0.25) is 0 Å². The van der Waals surface area contributed by atoms with Crippen LogP contribution >= 0.6 is 11.8 Å². The third-order valence-corrected chi connectivity index (χ3v) is 2.84. The average Bonchev–Trinajstić information content (AvgIpc) is 2.44. The molecule has 0 unspecified atom stereocenters. The lowest BCUT2D eigenvalue weighted by molar-refractivity contribution is 0.448.